The predicted octanol–water partition coefficient (Wildman–Crippen LogP) is 0.895. The van der Waals surface area contributed by atoms with Gasteiger partial charge in [0, 0.05) is 46.2 Å². The Morgan fingerprint density at radius 3 is 2.26 bits per heavy atom. The van der Waals surface area contributed by atoms with Crippen LogP contribution in [0.3, 0.4) is 0 Å². The molecule has 5 heteroatoms. The Morgan fingerprint density at radius 2 is 1.74 bits per heavy atom. The van der Waals surface area contributed by atoms with E-state index in [0.29, 0.717) is 19.5 Å². The van der Waals surface area contributed by atoms with E-state index in [-0.39, 0.29) is 11.8 Å². The maximum absolute atomic E-state index is 11.5. The molecule has 0 aliphatic carbocycles. The van der Waals surface area contributed by atoms with Crippen LogP contribution in [0.2, 0.25) is 0 Å². The van der Waals surface area contributed by atoms with Crippen LogP contribution in [0.4, 0.5) is 5.69 Å². The standard InChI is InChI=1S/C14H21N3O2/c1-11(18)15-9-8-14(19)16-10-12-4-6-13(7-5-12)17(2)3/h4-7H,8-10H2,1-3H3,(H,15,18)(H,16,19). The summed E-state index contributed by atoms with van der Waals surface area (Å²) < 4.78 is 0. The van der Waals surface area contributed by atoms with Gasteiger partial charge in [0.05, 0.1) is 0 Å². The van der Waals surface area contributed by atoms with Gasteiger partial charge in [0.25, 0.3) is 0 Å². The highest BCUT2D eigenvalue weighted by molar-refractivity contribution is 5.77. The van der Waals surface area contributed by atoms with Crippen molar-refractivity contribution < 1.29 is 9.59 Å². The van der Waals surface area contributed by atoms with E-state index in [2.05, 4.69) is 10.6 Å². The maximum atomic E-state index is 11.5. The number of carbonyl (C=O) groups excluding carboxylic acids is 2. The first kappa shape index (κ1) is 15.0. The molecule has 1 aromatic carbocycles. The van der Waals surface area contributed by atoms with Crippen molar-refractivity contribution in [3.63, 3.8) is 0 Å². The number of carbonyl (C=O) groups is 2. The van der Waals surface area contributed by atoms with E-state index < -0.39 is 0 Å². The molecular formula is C14H21N3O2. The number of benzene rings is 1. The van der Waals surface area contributed by atoms with Gasteiger partial charge >= 0.3 is 0 Å². The van der Waals surface area contributed by atoms with Crippen molar-refractivity contribution in [3.8, 4) is 0 Å². The van der Waals surface area contributed by atoms with Gasteiger partial charge in [0.1, 0.15) is 0 Å². The zero-order valence-electron chi connectivity index (χ0n) is 11.7. The summed E-state index contributed by atoms with van der Waals surface area (Å²) in [5.41, 5.74) is 2.18. The first-order valence-electron chi connectivity index (χ1n) is 6.26. The molecule has 0 aliphatic rings. The molecule has 0 spiro atoms. The minimum Gasteiger partial charge on any atom is -0.378 e. The summed E-state index contributed by atoms with van der Waals surface area (Å²) in [6.07, 6.45) is 0.301. The van der Waals surface area contributed by atoms with Crippen molar-refractivity contribution in [2.45, 2.75) is 19.9 Å². The zero-order chi connectivity index (χ0) is 14.3. The monoisotopic (exact) mass is 263 g/mol. The molecule has 5 nitrogen and oxygen atoms in total. The molecule has 0 radical (unpaired) electrons. The van der Waals surface area contributed by atoms with Crippen LogP contribution in [0.15, 0.2) is 24.3 Å². The van der Waals surface area contributed by atoms with Gasteiger partial charge in [-0.25, -0.2) is 0 Å². The lowest BCUT2D eigenvalue weighted by Gasteiger charge is -2.13. The second-order valence-corrected chi connectivity index (χ2v) is 4.57. The molecule has 2 N–H and O–H groups in total. The predicted molar refractivity (Wildman–Crippen MR) is 75.9 cm³/mol. The third-order valence-electron chi connectivity index (χ3n) is 2.67. The number of anilines is 1. The van der Waals surface area contributed by atoms with Gasteiger partial charge in [-0.2, -0.15) is 0 Å². The Hall–Kier alpha value is -2.04. The summed E-state index contributed by atoms with van der Waals surface area (Å²) in [6, 6.07) is 8.00. The van der Waals surface area contributed by atoms with E-state index in [0.717, 1.165) is 11.3 Å². The highest BCUT2D eigenvalue weighted by atomic mass is 16.2. The van der Waals surface area contributed by atoms with Crippen LogP contribution in [-0.2, 0) is 16.1 Å². The highest BCUT2D eigenvalue weighted by Gasteiger charge is 2.02. The van der Waals surface area contributed by atoms with E-state index >= 15 is 0 Å². The molecule has 0 aromatic heterocycles. The minimum absolute atomic E-state index is 0.0644. The van der Waals surface area contributed by atoms with Crippen LogP contribution in [0.5, 0.6) is 0 Å². The molecule has 0 heterocycles. The molecule has 19 heavy (non-hydrogen) atoms. The molecule has 1 rings (SSSR count). The SMILES string of the molecule is CC(=O)NCCC(=O)NCc1ccc(N(C)C)cc1. The van der Waals surface area contributed by atoms with E-state index in [4.69, 9.17) is 0 Å². The molecule has 2 amide bonds. The van der Waals surface area contributed by atoms with E-state index in [9.17, 15) is 9.59 Å². The molecule has 1 aromatic rings. The summed E-state index contributed by atoms with van der Waals surface area (Å²) in [7, 11) is 3.97. The Morgan fingerprint density at radius 1 is 1.11 bits per heavy atom. The molecule has 0 atom stereocenters. The van der Waals surface area contributed by atoms with Crippen molar-refractivity contribution in [2.75, 3.05) is 25.5 Å². The quantitative estimate of drug-likeness (QED) is 0.801. The number of hydrogen-bond donors (Lipinski definition) is 2. The fraction of sp³-hybridized carbons (Fsp3) is 0.429. The second-order valence-electron chi connectivity index (χ2n) is 4.57. The lowest BCUT2D eigenvalue weighted by Crippen LogP contribution is -2.29. The van der Waals surface area contributed by atoms with Crippen LogP contribution < -0.4 is 15.5 Å². The number of rotatable bonds is 6. The maximum Gasteiger partial charge on any atom is 0.222 e. The molecular weight excluding hydrogens is 242 g/mol. The summed E-state index contributed by atoms with van der Waals surface area (Å²) in [6.45, 7) is 2.32. The van der Waals surface area contributed by atoms with E-state index in [1.54, 1.807) is 0 Å². The third-order valence-corrected chi connectivity index (χ3v) is 2.67. The van der Waals surface area contributed by atoms with Gasteiger partial charge < -0.3 is 15.5 Å². The van der Waals surface area contributed by atoms with Gasteiger partial charge in [-0.3, -0.25) is 9.59 Å². The first-order chi connectivity index (χ1) is 8.99. The average Bonchev–Trinajstić information content (AvgIpc) is 2.36. The second kappa shape index (κ2) is 7.41. The Balaban J connectivity index is 2.31. The van der Waals surface area contributed by atoms with Gasteiger partial charge in [-0.1, -0.05) is 12.1 Å². The molecule has 0 bridgehead atoms. The van der Waals surface area contributed by atoms with Crippen LogP contribution >= 0.6 is 0 Å². The number of nitrogens with zero attached hydrogens (tertiary/aromatic N) is 1. The third kappa shape index (κ3) is 5.90. The van der Waals surface area contributed by atoms with Crippen molar-refractivity contribution in [3.05, 3.63) is 29.8 Å². The Labute approximate surface area is 114 Å². The van der Waals surface area contributed by atoms with Crippen molar-refractivity contribution in [2.24, 2.45) is 0 Å². The number of hydrogen-bond acceptors (Lipinski definition) is 3. The number of amides is 2. The van der Waals surface area contributed by atoms with Crippen molar-refractivity contribution in [1.82, 2.24) is 10.6 Å². The fourth-order valence-corrected chi connectivity index (χ4v) is 1.55. The van der Waals surface area contributed by atoms with Gasteiger partial charge in [-0.15, -0.1) is 0 Å². The van der Waals surface area contributed by atoms with Gasteiger partial charge in [0.2, 0.25) is 11.8 Å². The fourth-order valence-electron chi connectivity index (χ4n) is 1.55. The minimum atomic E-state index is -0.118. The first-order valence-corrected chi connectivity index (χ1v) is 6.26. The summed E-state index contributed by atoms with van der Waals surface area (Å²) in [5.74, 6) is -0.183. The molecule has 0 aliphatic heterocycles. The van der Waals surface area contributed by atoms with Gasteiger partial charge in [0.15, 0.2) is 0 Å². The largest absolute Gasteiger partial charge is 0.378 e. The van der Waals surface area contributed by atoms with E-state index in [1.807, 2.05) is 43.3 Å². The van der Waals surface area contributed by atoms with E-state index in [1.165, 1.54) is 6.92 Å². The normalized spacial score (nSPS) is 9.84. The summed E-state index contributed by atoms with van der Waals surface area (Å²) in [5, 5.41) is 5.41. The van der Waals surface area contributed by atoms with Crippen molar-refractivity contribution in [1.29, 1.82) is 0 Å². The molecule has 0 fully saturated rings. The van der Waals surface area contributed by atoms with Crippen LogP contribution in [-0.4, -0.2) is 32.5 Å². The highest BCUT2D eigenvalue weighted by Crippen LogP contribution is 2.11. The molecule has 0 saturated carbocycles. The average molecular weight is 263 g/mol. The molecule has 0 unspecified atom stereocenters. The number of nitrogens with one attached hydrogen (secondary N) is 2. The molecule has 104 valence electrons. The Bertz CT molecular complexity index is 427. The summed E-state index contributed by atoms with van der Waals surface area (Å²) >= 11 is 0. The lowest BCUT2D eigenvalue weighted by atomic mass is 10.2. The van der Waals surface area contributed by atoms with Crippen LogP contribution in [0.25, 0.3) is 0 Å². The summed E-state index contributed by atoms with van der Waals surface area (Å²) in [4.78, 5) is 24.2. The Kier molecular flexibility index (Phi) is 5.85. The van der Waals surface area contributed by atoms with Crippen LogP contribution in [0.1, 0.15) is 18.9 Å². The zero-order valence-corrected chi connectivity index (χ0v) is 11.7. The van der Waals surface area contributed by atoms with Crippen molar-refractivity contribution >= 4 is 17.5 Å². The molecule has 0 saturated heterocycles. The topological polar surface area (TPSA) is 61.4 Å². The van der Waals surface area contributed by atoms with Crippen LogP contribution in [0, 0.1) is 0 Å². The lowest BCUT2D eigenvalue weighted by molar-refractivity contribution is -0.121. The smallest absolute Gasteiger partial charge is 0.222 e. The van der Waals surface area contributed by atoms with Gasteiger partial charge in [-0.05, 0) is 17.7 Å².